The monoisotopic (exact) mass is 447 g/mol. The number of benzene rings is 3. The Kier molecular flexibility index (Phi) is 6.57. The average Bonchev–Trinajstić information content (AvgIpc) is 3.32. The van der Waals surface area contributed by atoms with E-state index in [1.165, 1.54) is 36.3 Å². The molecule has 4 rings (SSSR count). The van der Waals surface area contributed by atoms with Gasteiger partial charge in [-0.2, -0.15) is 5.10 Å². The smallest absolute Gasteiger partial charge is 0.255 e. The summed E-state index contributed by atoms with van der Waals surface area (Å²) in [4.78, 5) is 29.1. The lowest BCUT2D eigenvalue weighted by atomic mass is 10.1. The van der Waals surface area contributed by atoms with Gasteiger partial charge in [-0.05, 0) is 54.1 Å². The standard InChI is InChI=1S/C23H18FN5O2S/c24-18-4-2-6-20(12-18)28-22(31)17-3-1-5-19(11-17)27-21(30)16-9-7-15(8-10-16)13-32-23-25-14-26-29-23/h1-12,14H,13H2,(H,27,30)(H,28,31)(H,25,26,29). The highest BCUT2D eigenvalue weighted by atomic mass is 32.2. The third-order valence-electron chi connectivity index (χ3n) is 4.45. The molecule has 3 aromatic carbocycles. The first-order chi connectivity index (χ1) is 15.6. The molecule has 0 radical (unpaired) electrons. The van der Waals surface area contributed by atoms with E-state index >= 15 is 0 Å². The van der Waals surface area contributed by atoms with Gasteiger partial charge in [0.25, 0.3) is 11.8 Å². The van der Waals surface area contributed by atoms with E-state index in [1.54, 1.807) is 42.5 Å². The summed E-state index contributed by atoms with van der Waals surface area (Å²) in [6.45, 7) is 0. The zero-order valence-electron chi connectivity index (χ0n) is 16.7. The third kappa shape index (κ3) is 5.58. The molecule has 160 valence electrons. The fraction of sp³-hybridized carbons (Fsp3) is 0.0435. The number of halogens is 1. The molecule has 2 amide bonds. The summed E-state index contributed by atoms with van der Waals surface area (Å²) in [5.74, 6) is -0.437. The number of nitrogens with zero attached hydrogens (tertiary/aromatic N) is 2. The van der Waals surface area contributed by atoms with Gasteiger partial charge in [-0.25, -0.2) is 9.37 Å². The second-order valence-corrected chi connectivity index (χ2v) is 7.74. The lowest BCUT2D eigenvalue weighted by molar-refractivity contribution is 0.101. The van der Waals surface area contributed by atoms with Crippen molar-refractivity contribution in [3.8, 4) is 0 Å². The van der Waals surface area contributed by atoms with Crippen molar-refractivity contribution in [2.75, 3.05) is 10.6 Å². The third-order valence-corrected chi connectivity index (χ3v) is 5.40. The highest BCUT2D eigenvalue weighted by Crippen LogP contribution is 2.19. The predicted octanol–water partition coefficient (Wildman–Crippen LogP) is 4.74. The van der Waals surface area contributed by atoms with Crippen molar-refractivity contribution in [1.82, 2.24) is 15.2 Å². The summed E-state index contributed by atoms with van der Waals surface area (Å²) in [6, 6.07) is 19.4. The van der Waals surface area contributed by atoms with E-state index < -0.39 is 11.7 Å². The van der Waals surface area contributed by atoms with Crippen LogP contribution in [0.15, 0.2) is 84.3 Å². The van der Waals surface area contributed by atoms with Crippen LogP contribution in [0.5, 0.6) is 0 Å². The highest BCUT2D eigenvalue weighted by Gasteiger charge is 2.10. The Morgan fingerprint density at radius 1 is 0.875 bits per heavy atom. The molecule has 9 heteroatoms. The molecule has 0 fully saturated rings. The number of hydrogen-bond donors (Lipinski definition) is 3. The van der Waals surface area contributed by atoms with E-state index in [2.05, 4.69) is 25.8 Å². The maximum absolute atomic E-state index is 13.3. The minimum Gasteiger partial charge on any atom is -0.322 e. The Labute approximate surface area is 187 Å². The summed E-state index contributed by atoms with van der Waals surface area (Å²) in [7, 11) is 0. The summed E-state index contributed by atoms with van der Waals surface area (Å²) in [6.07, 6.45) is 1.45. The van der Waals surface area contributed by atoms with Crippen molar-refractivity contribution in [1.29, 1.82) is 0 Å². The Balaban J connectivity index is 1.37. The first-order valence-corrected chi connectivity index (χ1v) is 10.6. The van der Waals surface area contributed by atoms with Gasteiger partial charge in [0.05, 0.1) is 0 Å². The van der Waals surface area contributed by atoms with Crippen LogP contribution in [0, 0.1) is 5.82 Å². The van der Waals surface area contributed by atoms with Crippen molar-refractivity contribution in [3.63, 3.8) is 0 Å². The maximum Gasteiger partial charge on any atom is 0.255 e. The van der Waals surface area contributed by atoms with Crippen LogP contribution in [0.25, 0.3) is 0 Å². The van der Waals surface area contributed by atoms with Crippen LogP contribution < -0.4 is 10.6 Å². The second-order valence-electron chi connectivity index (χ2n) is 6.78. The first kappa shape index (κ1) is 21.3. The van der Waals surface area contributed by atoms with Crippen LogP contribution in [0.4, 0.5) is 15.8 Å². The van der Waals surface area contributed by atoms with Crippen molar-refractivity contribution < 1.29 is 14.0 Å². The molecule has 0 saturated heterocycles. The average molecular weight is 447 g/mol. The normalized spacial score (nSPS) is 10.5. The van der Waals surface area contributed by atoms with Crippen molar-refractivity contribution in [3.05, 3.63) is 102 Å². The van der Waals surface area contributed by atoms with Gasteiger partial charge in [0.15, 0.2) is 5.16 Å². The van der Waals surface area contributed by atoms with Crippen LogP contribution in [0.1, 0.15) is 26.3 Å². The van der Waals surface area contributed by atoms with Gasteiger partial charge in [-0.15, -0.1) is 0 Å². The number of thioether (sulfide) groups is 1. The Morgan fingerprint density at radius 2 is 1.56 bits per heavy atom. The van der Waals surface area contributed by atoms with Gasteiger partial charge in [0.1, 0.15) is 12.1 Å². The van der Waals surface area contributed by atoms with Crippen LogP contribution in [-0.4, -0.2) is 27.0 Å². The topological polar surface area (TPSA) is 99.8 Å². The lowest BCUT2D eigenvalue weighted by Gasteiger charge is -2.09. The number of nitrogens with one attached hydrogen (secondary N) is 3. The van der Waals surface area contributed by atoms with Crippen LogP contribution in [0.2, 0.25) is 0 Å². The van der Waals surface area contributed by atoms with Gasteiger partial charge in [0.2, 0.25) is 0 Å². The molecule has 0 aliphatic carbocycles. The number of carbonyl (C=O) groups is 2. The van der Waals surface area contributed by atoms with Gasteiger partial charge in [-0.1, -0.05) is 36.0 Å². The Bertz CT molecular complexity index is 1230. The molecule has 3 N–H and O–H groups in total. The van der Waals surface area contributed by atoms with Gasteiger partial charge < -0.3 is 10.6 Å². The summed E-state index contributed by atoms with van der Waals surface area (Å²) in [5, 5.41) is 12.7. The van der Waals surface area contributed by atoms with Crippen LogP contribution >= 0.6 is 11.8 Å². The largest absolute Gasteiger partial charge is 0.322 e. The quantitative estimate of drug-likeness (QED) is 0.355. The number of carbonyl (C=O) groups excluding carboxylic acids is 2. The number of rotatable bonds is 7. The Morgan fingerprint density at radius 3 is 2.25 bits per heavy atom. The first-order valence-electron chi connectivity index (χ1n) is 9.62. The molecule has 0 atom stereocenters. The van der Waals surface area contributed by atoms with Crippen molar-refractivity contribution in [2.45, 2.75) is 10.9 Å². The van der Waals surface area contributed by atoms with Gasteiger partial charge >= 0.3 is 0 Å². The number of H-pyrrole nitrogens is 1. The fourth-order valence-electron chi connectivity index (χ4n) is 2.88. The number of aromatic amines is 1. The number of hydrogen-bond acceptors (Lipinski definition) is 5. The predicted molar refractivity (Wildman–Crippen MR) is 121 cm³/mol. The zero-order valence-corrected chi connectivity index (χ0v) is 17.5. The van der Waals surface area contributed by atoms with Crippen LogP contribution in [0.3, 0.4) is 0 Å². The second kappa shape index (κ2) is 9.88. The van der Waals surface area contributed by atoms with Gasteiger partial charge in [0, 0.05) is 28.3 Å². The fourth-order valence-corrected chi connectivity index (χ4v) is 3.61. The lowest BCUT2D eigenvalue weighted by Crippen LogP contribution is -2.14. The Hall–Kier alpha value is -3.98. The van der Waals surface area contributed by atoms with Crippen LogP contribution in [-0.2, 0) is 5.75 Å². The number of amides is 2. The summed E-state index contributed by atoms with van der Waals surface area (Å²) >= 11 is 1.51. The molecule has 4 aromatic rings. The molecule has 0 saturated carbocycles. The van der Waals surface area contributed by atoms with E-state index in [1.807, 2.05) is 12.1 Å². The highest BCUT2D eigenvalue weighted by molar-refractivity contribution is 7.98. The summed E-state index contributed by atoms with van der Waals surface area (Å²) in [5.41, 5.74) is 2.71. The molecule has 0 spiro atoms. The van der Waals surface area contributed by atoms with Crippen molar-refractivity contribution >= 4 is 35.0 Å². The number of anilines is 2. The van der Waals surface area contributed by atoms with Gasteiger partial charge in [-0.3, -0.25) is 14.7 Å². The minimum absolute atomic E-state index is 0.290. The van der Waals surface area contributed by atoms with E-state index in [9.17, 15) is 14.0 Å². The molecule has 1 heterocycles. The molecular weight excluding hydrogens is 429 g/mol. The van der Waals surface area contributed by atoms with E-state index in [4.69, 9.17) is 0 Å². The number of aromatic nitrogens is 3. The zero-order chi connectivity index (χ0) is 22.3. The minimum atomic E-state index is -0.439. The molecule has 0 bridgehead atoms. The van der Waals surface area contributed by atoms with E-state index in [-0.39, 0.29) is 5.91 Å². The van der Waals surface area contributed by atoms with E-state index in [0.717, 1.165) is 10.7 Å². The molecule has 0 unspecified atom stereocenters. The van der Waals surface area contributed by atoms with E-state index in [0.29, 0.717) is 28.3 Å². The molecule has 1 aromatic heterocycles. The molecule has 7 nitrogen and oxygen atoms in total. The maximum atomic E-state index is 13.3. The molecule has 0 aliphatic rings. The molecule has 0 aliphatic heterocycles. The van der Waals surface area contributed by atoms with Crippen molar-refractivity contribution in [2.24, 2.45) is 0 Å². The molecule has 32 heavy (non-hydrogen) atoms. The SMILES string of the molecule is O=C(Nc1cccc(C(=O)Nc2cccc(F)c2)c1)c1ccc(CSc2ncn[nH]2)cc1. The summed E-state index contributed by atoms with van der Waals surface area (Å²) < 4.78 is 13.3. The molecular formula is C23H18FN5O2S.